The van der Waals surface area contributed by atoms with Crippen LogP contribution < -0.4 is 5.32 Å². The Hall–Kier alpha value is -10.6. The number of amides is 1. The van der Waals surface area contributed by atoms with E-state index in [0.29, 0.717) is 22.3 Å². The maximum Gasteiger partial charge on any atom is 0.409 e. The Morgan fingerprint density at radius 2 is 0.504 bits per heavy atom. The predicted molar refractivity (Wildman–Crippen MR) is 448 cm³/mol. The molecule has 9 aromatic rings. The number of benzene rings is 9. The van der Waals surface area contributed by atoms with Crippen LogP contribution in [0.25, 0.3) is 0 Å². The first-order chi connectivity index (χ1) is 61.1. The number of nitrogens with one attached hydrogen (secondary N) is 1. The van der Waals surface area contributed by atoms with E-state index in [9.17, 15) is 29.1 Å². The fraction of sp³-hybridized carbons (Fsp3) is 0.392. The maximum atomic E-state index is 14.6. The molecule has 1 amide bonds. The second-order valence-electron chi connectivity index (χ2n) is 30.3. The van der Waals surface area contributed by atoms with Crippen molar-refractivity contribution < 1.29 is 129 Å². The molecule has 0 radical (unpaired) electrons. The van der Waals surface area contributed by atoms with Gasteiger partial charge in [-0.3, -0.25) is 24.5 Å². The fourth-order valence-corrected chi connectivity index (χ4v) is 15.1. The van der Waals surface area contributed by atoms with Gasteiger partial charge in [0.05, 0.1) is 79.3 Å². The molecule has 0 spiro atoms. The minimum atomic E-state index is -1.99. The molecule has 4 aliphatic heterocycles. The molecule has 28 nitrogen and oxygen atoms in total. The van der Waals surface area contributed by atoms with Crippen molar-refractivity contribution in [2.75, 3.05) is 33.2 Å². The average Bonchev–Trinajstić information content (AvgIpc) is 0.756. The fourth-order valence-electron chi connectivity index (χ4n) is 15.1. The van der Waals surface area contributed by atoms with Crippen LogP contribution in [-0.4, -0.2) is 191 Å². The van der Waals surface area contributed by atoms with E-state index in [-0.39, 0.29) is 79.3 Å². The van der Waals surface area contributed by atoms with Crippen molar-refractivity contribution in [2.45, 2.75) is 210 Å². The van der Waals surface area contributed by atoms with Gasteiger partial charge in [-0.2, -0.15) is 0 Å². The molecule has 4 fully saturated rings. The normalized spacial score (nSPS) is 26.0. The highest BCUT2D eigenvalue weighted by atomic mass is 16.8. The smallest absolute Gasteiger partial charge is 0.409 e. The number of hydrogen-bond donors (Lipinski definition) is 2. The average molecular weight is 1720 g/mol. The lowest BCUT2D eigenvalue weighted by molar-refractivity contribution is -0.410. The highest BCUT2D eigenvalue weighted by Crippen LogP contribution is 2.42. The van der Waals surface area contributed by atoms with Gasteiger partial charge in [-0.25, -0.2) is 4.79 Å². The zero-order valence-corrected chi connectivity index (χ0v) is 70.0. The summed E-state index contributed by atoms with van der Waals surface area (Å²) in [5, 5.41) is 14.5. The molecule has 662 valence electrons. The third-order valence-corrected chi connectivity index (χ3v) is 20.9. The lowest BCUT2D eigenvalue weighted by Gasteiger charge is -2.52. The van der Waals surface area contributed by atoms with Gasteiger partial charge in [-0.1, -0.05) is 273 Å². The summed E-state index contributed by atoms with van der Waals surface area (Å²) in [7, 11) is 0. The van der Waals surface area contributed by atoms with Crippen LogP contribution in [0.3, 0.4) is 0 Å². The number of esters is 4. The van der Waals surface area contributed by atoms with E-state index < -0.39 is 166 Å². The minimum absolute atomic E-state index is 0.0314. The largest absolute Gasteiger partial charge is 0.457 e. The van der Waals surface area contributed by atoms with Crippen LogP contribution in [0, 0.1) is 0 Å². The Labute approximate surface area is 726 Å². The van der Waals surface area contributed by atoms with Crippen LogP contribution in [0.15, 0.2) is 273 Å². The number of carbonyl (C=O) groups excluding carboxylic acids is 5. The van der Waals surface area contributed by atoms with Crippen LogP contribution in [0.2, 0.25) is 0 Å². The molecule has 0 aromatic heterocycles. The molecule has 9 aromatic carbocycles. The second-order valence-corrected chi connectivity index (χ2v) is 30.3. The molecule has 2 N–H and O–H groups in total. The van der Waals surface area contributed by atoms with E-state index in [1.807, 2.05) is 261 Å². The van der Waals surface area contributed by atoms with Crippen LogP contribution >= 0.6 is 0 Å². The topological polar surface area (TPSA) is 311 Å². The summed E-state index contributed by atoms with van der Waals surface area (Å²) in [4.78, 5) is 70.7. The van der Waals surface area contributed by atoms with Gasteiger partial charge in [0.15, 0.2) is 61.8 Å². The lowest BCUT2D eigenvalue weighted by atomic mass is 9.94. The van der Waals surface area contributed by atoms with E-state index >= 15 is 0 Å². The molecule has 4 heterocycles. The molecule has 11 unspecified atom stereocenters. The monoisotopic (exact) mass is 1720 g/mol. The molecule has 0 bridgehead atoms. The number of aliphatic hydroxyl groups is 1. The Balaban J connectivity index is 0.978. The first kappa shape index (κ1) is 92.1. The predicted octanol–water partition coefficient (Wildman–Crippen LogP) is 12.2. The summed E-state index contributed by atoms with van der Waals surface area (Å²) in [5.74, 6) is -3.39. The summed E-state index contributed by atoms with van der Waals surface area (Å²) in [6, 6.07) is 83.3. The first-order valence-electron chi connectivity index (χ1n) is 41.7. The van der Waals surface area contributed by atoms with Crippen molar-refractivity contribution in [1.82, 2.24) is 5.32 Å². The summed E-state index contributed by atoms with van der Waals surface area (Å²) in [6.07, 6.45) is -32.2. The van der Waals surface area contributed by atoms with Gasteiger partial charge >= 0.3 is 30.0 Å². The molecule has 0 saturated carbocycles. The Morgan fingerprint density at radius 1 is 0.264 bits per heavy atom. The number of rotatable bonds is 43. The van der Waals surface area contributed by atoms with Crippen molar-refractivity contribution in [1.29, 1.82) is 0 Å². The van der Waals surface area contributed by atoms with Crippen LogP contribution in [0.1, 0.15) is 77.8 Å². The number of hydrogen-bond acceptors (Lipinski definition) is 27. The van der Waals surface area contributed by atoms with E-state index in [2.05, 4.69) is 5.32 Å². The van der Waals surface area contributed by atoms with E-state index in [0.717, 1.165) is 34.7 Å². The van der Waals surface area contributed by atoms with Crippen molar-refractivity contribution >= 4 is 30.0 Å². The molecular weight excluding hydrogens is 1610 g/mol. The van der Waals surface area contributed by atoms with Gasteiger partial charge in [0, 0.05) is 27.7 Å². The van der Waals surface area contributed by atoms with Gasteiger partial charge in [0.25, 0.3) is 0 Å². The van der Waals surface area contributed by atoms with Gasteiger partial charge in [0.2, 0.25) is 0 Å². The summed E-state index contributed by atoms with van der Waals surface area (Å²) in [5.41, 5.74) is 6.60. The van der Waals surface area contributed by atoms with Crippen molar-refractivity contribution in [2.24, 2.45) is 0 Å². The molecule has 0 aliphatic carbocycles. The number of carbonyl (C=O) groups is 5. The Morgan fingerprint density at radius 3 is 0.800 bits per heavy atom. The highest BCUT2D eigenvalue weighted by Gasteiger charge is 2.61. The first-order valence-corrected chi connectivity index (χ1v) is 41.7. The minimum Gasteiger partial charge on any atom is -0.457 e. The third-order valence-electron chi connectivity index (χ3n) is 20.9. The number of ether oxygens (including phenoxy) is 21. The van der Waals surface area contributed by atoms with E-state index in [4.69, 9.17) is 99.5 Å². The maximum absolute atomic E-state index is 14.6. The van der Waals surface area contributed by atoms with Crippen LogP contribution in [0.5, 0.6) is 0 Å². The zero-order valence-electron chi connectivity index (χ0n) is 70.0. The van der Waals surface area contributed by atoms with Gasteiger partial charge < -0.3 is 105 Å². The van der Waals surface area contributed by atoms with Crippen LogP contribution in [-0.2, 0) is 178 Å². The standard InChI is InChI=1S/C97H107NO27/c1-64(100)115-86-82(109-55-72-40-22-9-23-41-72)78(60-105-51-68-32-14-5-15-33-68)120-94(90(86)118-67(4)103)124-92-88(117-66(3)102)84(111-57-74-44-26-11-27-45-74)80(62-107-53-70-36-18-7-19-37-70)122-96(92)125-91-87(116-65(2)101)83(110-56-73-42-24-10-25-43-73)79(61-106-52-69-34-16-6-17-35-69)121-95(91)123-85-81(108-54-71-38-20-8-21-39-71)77(50-99)119-93(89(85)112-58-75-46-28-12-29-47-75)114-63-98-97(104)113-59-76-48-30-13-31-49-76/h5-49,77-96,99H,50-63H2,1-4H3,(H,98,104)/t77?,78?,79?,80?,81-,82-,83-,84-,85-,86?,87?,88?,89?,90?,91?,92?,93+,94+,95+,96+/m0/s1. The van der Waals surface area contributed by atoms with Gasteiger partial charge in [-0.05, 0) is 50.1 Å². The molecule has 20 atom stereocenters. The van der Waals surface area contributed by atoms with Crippen LogP contribution in [0.4, 0.5) is 4.79 Å². The zero-order chi connectivity index (χ0) is 86.9. The molecular formula is C97H107NO27. The Bertz CT molecular complexity index is 4660. The summed E-state index contributed by atoms with van der Waals surface area (Å²) >= 11 is 0. The van der Waals surface area contributed by atoms with Crippen molar-refractivity contribution in [3.63, 3.8) is 0 Å². The van der Waals surface area contributed by atoms with Crippen molar-refractivity contribution in [3.05, 3.63) is 323 Å². The second kappa shape index (κ2) is 48.2. The molecule has 4 aliphatic rings. The lowest BCUT2D eigenvalue weighted by Crippen LogP contribution is -2.69. The molecule has 4 saturated heterocycles. The third kappa shape index (κ3) is 27.7. The quantitative estimate of drug-likeness (QED) is 0.0204. The molecule has 125 heavy (non-hydrogen) atoms. The van der Waals surface area contributed by atoms with Gasteiger partial charge in [-0.15, -0.1) is 0 Å². The van der Waals surface area contributed by atoms with E-state index in [1.54, 1.807) is 12.1 Å². The van der Waals surface area contributed by atoms with Crippen molar-refractivity contribution in [3.8, 4) is 0 Å². The number of alkyl carbamates (subject to hydrolysis) is 1. The SMILES string of the molecule is CC(=O)OC1C(OC(C)=O)[C@@H](OCc2ccccc2)C(COCc2ccccc2)O[C@@H]1OC1C(OC(C)=O)[C@@H](OCc2ccccc2)C(COCc2ccccc2)O[C@@H]1OC1C(OC(C)=O)[C@@H](OCc2ccccc2)C(COCc2ccccc2)O[C@@H]1O[C@@H]1C(OCc2ccccc2)[C@H](OCNC(=O)OCc2ccccc2)OC(CO)[C@@H]1OCc1ccccc1. The molecule has 13 rings (SSSR count). The summed E-state index contributed by atoms with van der Waals surface area (Å²) in [6.45, 7) is 2.14. The van der Waals surface area contributed by atoms with Gasteiger partial charge in [0.1, 0.15) is 74.4 Å². The number of aliphatic hydroxyl groups excluding tert-OH is 1. The Kier molecular flexibility index (Phi) is 35.6. The summed E-state index contributed by atoms with van der Waals surface area (Å²) < 4.78 is 144. The van der Waals surface area contributed by atoms with E-state index in [1.165, 1.54) is 20.8 Å². The highest BCUT2D eigenvalue weighted by molar-refractivity contribution is 5.68. The molecule has 28 heteroatoms.